The van der Waals surface area contributed by atoms with E-state index in [1.165, 1.54) is 19.2 Å². The van der Waals surface area contributed by atoms with Crippen LogP contribution in [-0.4, -0.2) is 18.1 Å². The fraction of sp³-hybridized carbons (Fsp3) is 0.133. The normalized spacial score (nSPS) is 9.76. The maximum atomic E-state index is 11.5. The lowest BCUT2D eigenvalue weighted by atomic mass is 10.2. The van der Waals surface area contributed by atoms with Crippen molar-refractivity contribution >= 4 is 11.7 Å². The van der Waals surface area contributed by atoms with Crippen LogP contribution in [0.5, 0.6) is 11.6 Å². The third-order valence-electron chi connectivity index (χ3n) is 2.80. The minimum Gasteiger partial charge on any atom is -0.465 e. The molecule has 0 aliphatic carbocycles. The molecule has 0 fully saturated rings. The summed E-state index contributed by atoms with van der Waals surface area (Å²) in [4.78, 5) is 15.7. The Hall–Kier alpha value is -3.07. The molecular weight excluding hydrogens is 270 g/mol. The molecule has 0 unspecified atom stereocenters. The Labute approximate surface area is 121 Å². The van der Waals surface area contributed by atoms with E-state index in [0.717, 1.165) is 0 Å². The molecule has 1 aromatic heterocycles. The second kappa shape index (κ2) is 5.92. The van der Waals surface area contributed by atoms with Gasteiger partial charge in [0.1, 0.15) is 11.8 Å². The molecule has 21 heavy (non-hydrogen) atoms. The van der Waals surface area contributed by atoms with Crippen LogP contribution < -0.4 is 10.5 Å². The molecule has 0 spiro atoms. The van der Waals surface area contributed by atoms with E-state index in [4.69, 9.17) is 15.7 Å². The van der Waals surface area contributed by atoms with Crippen LogP contribution >= 0.6 is 0 Å². The van der Waals surface area contributed by atoms with Gasteiger partial charge < -0.3 is 15.2 Å². The largest absolute Gasteiger partial charge is 0.465 e. The van der Waals surface area contributed by atoms with Gasteiger partial charge in [0, 0.05) is 11.8 Å². The van der Waals surface area contributed by atoms with Crippen LogP contribution in [0.2, 0.25) is 0 Å². The summed E-state index contributed by atoms with van der Waals surface area (Å²) in [5.74, 6) is 0.169. The first kappa shape index (κ1) is 14.3. The Morgan fingerprint density at radius 1 is 1.33 bits per heavy atom. The summed E-state index contributed by atoms with van der Waals surface area (Å²) in [5.41, 5.74) is 7.25. The van der Waals surface area contributed by atoms with Crippen molar-refractivity contribution in [2.45, 2.75) is 6.92 Å². The number of carbonyl (C=O) groups is 1. The molecule has 0 aliphatic rings. The minimum absolute atomic E-state index is 0.279. The van der Waals surface area contributed by atoms with Crippen molar-refractivity contribution in [2.75, 3.05) is 12.8 Å². The number of ether oxygens (including phenoxy) is 2. The van der Waals surface area contributed by atoms with Crippen LogP contribution in [0.15, 0.2) is 30.3 Å². The van der Waals surface area contributed by atoms with Gasteiger partial charge in [-0.2, -0.15) is 5.26 Å². The van der Waals surface area contributed by atoms with Crippen molar-refractivity contribution in [2.24, 2.45) is 0 Å². The summed E-state index contributed by atoms with van der Waals surface area (Å²) >= 11 is 0. The van der Waals surface area contributed by atoms with Gasteiger partial charge in [-0.25, -0.2) is 9.78 Å². The number of aryl methyl sites for hydroxylation is 1. The monoisotopic (exact) mass is 283 g/mol. The molecule has 0 aliphatic heterocycles. The highest BCUT2D eigenvalue weighted by Crippen LogP contribution is 2.26. The van der Waals surface area contributed by atoms with Gasteiger partial charge in [-0.3, -0.25) is 0 Å². The second-order valence-electron chi connectivity index (χ2n) is 4.24. The highest BCUT2D eigenvalue weighted by Gasteiger charge is 2.12. The number of nitrogen functional groups attached to an aromatic ring is 1. The predicted octanol–water partition coefficient (Wildman–Crippen LogP) is 2.42. The molecule has 0 radical (unpaired) electrons. The fourth-order valence-corrected chi connectivity index (χ4v) is 1.76. The number of rotatable bonds is 3. The first-order valence-electron chi connectivity index (χ1n) is 6.08. The van der Waals surface area contributed by atoms with E-state index in [0.29, 0.717) is 28.3 Å². The van der Waals surface area contributed by atoms with Gasteiger partial charge in [-0.05, 0) is 31.2 Å². The molecule has 0 amide bonds. The Balaban J connectivity index is 2.31. The fourth-order valence-electron chi connectivity index (χ4n) is 1.76. The van der Waals surface area contributed by atoms with Gasteiger partial charge >= 0.3 is 5.97 Å². The summed E-state index contributed by atoms with van der Waals surface area (Å²) in [5, 5.41) is 9.06. The molecule has 0 saturated heterocycles. The molecule has 2 rings (SSSR count). The Bertz CT molecular complexity index is 735. The lowest BCUT2D eigenvalue weighted by Crippen LogP contribution is -2.05. The standard InChI is InChI=1S/C15H13N3O3/c1-9-12(15(19)20-2)4-6-14(18-9)21-13-5-3-11(17)7-10(13)8-16/h3-7H,17H2,1-2H3. The number of hydrogen-bond donors (Lipinski definition) is 1. The summed E-state index contributed by atoms with van der Waals surface area (Å²) in [6, 6.07) is 9.85. The molecule has 6 heteroatoms. The van der Waals surface area contributed by atoms with Gasteiger partial charge in [-0.1, -0.05) is 0 Å². The van der Waals surface area contributed by atoms with Gasteiger partial charge in [0.25, 0.3) is 0 Å². The molecular formula is C15H13N3O3. The van der Waals surface area contributed by atoms with Crippen LogP contribution in [-0.2, 0) is 4.74 Å². The van der Waals surface area contributed by atoms with Crippen LogP contribution in [0.25, 0.3) is 0 Å². The summed E-state index contributed by atoms with van der Waals surface area (Å²) in [7, 11) is 1.31. The average Bonchev–Trinajstić information content (AvgIpc) is 2.48. The molecule has 2 aromatic rings. The number of carbonyl (C=O) groups excluding carboxylic acids is 1. The molecule has 0 bridgehead atoms. The maximum absolute atomic E-state index is 11.5. The van der Waals surface area contributed by atoms with Crippen LogP contribution in [0.3, 0.4) is 0 Å². The van der Waals surface area contributed by atoms with Crippen molar-refractivity contribution < 1.29 is 14.3 Å². The minimum atomic E-state index is -0.461. The highest BCUT2D eigenvalue weighted by molar-refractivity contribution is 5.90. The number of nitrogens with zero attached hydrogens (tertiary/aromatic N) is 2. The van der Waals surface area contributed by atoms with Gasteiger partial charge in [0.05, 0.1) is 23.9 Å². The zero-order valence-corrected chi connectivity index (χ0v) is 11.6. The third-order valence-corrected chi connectivity index (χ3v) is 2.80. The van der Waals surface area contributed by atoms with E-state index >= 15 is 0 Å². The van der Waals surface area contributed by atoms with Gasteiger partial charge in [0.2, 0.25) is 5.88 Å². The number of aromatic nitrogens is 1. The van der Waals surface area contributed by atoms with Crippen LogP contribution in [0.1, 0.15) is 21.6 Å². The van der Waals surface area contributed by atoms with Crippen molar-refractivity contribution in [3.8, 4) is 17.7 Å². The first-order valence-corrected chi connectivity index (χ1v) is 6.08. The number of nitriles is 1. The Morgan fingerprint density at radius 3 is 2.71 bits per heavy atom. The molecule has 6 nitrogen and oxygen atoms in total. The Kier molecular flexibility index (Phi) is 4.05. The summed E-state index contributed by atoms with van der Waals surface area (Å²) < 4.78 is 10.2. The van der Waals surface area contributed by atoms with Crippen molar-refractivity contribution in [3.05, 3.63) is 47.2 Å². The number of methoxy groups -OCH3 is 1. The Morgan fingerprint density at radius 2 is 2.10 bits per heavy atom. The first-order chi connectivity index (χ1) is 10.0. The number of pyridine rings is 1. The zero-order valence-electron chi connectivity index (χ0n) is 11.6. The molecule has 106 valence electrons. The van der Waals surface area contributed by atoms with E-state index in [1.807, 2.05) is 6.07 Å². The molecule has 0 atom stereocenters. The molecule has 2 N–H and O–H groups in total. The topological polar surface area (TPSA) is 98.2 Å². The van der Waals surface area contributed by atoms with Gasteiger partial charge in [-0.15, -0.1) is 0 Å². The van der Waals surface area contributed by atoms with Crippen molar-refractivity contribution in [1.82, 2.24) is 4.98 Å². The number of benzene rings is 1. The van der Waals surface area contributed by atoms with E-state index < -0.39 is 5.97 Å². The predicted molar refractivity (Wildman–Crippen MR) is 76.0 cm³/mol. The number of nitrogens with two attached hydrogens (primary N) is 1. The third kappa shape index (κ3) is 3.09. The highest BCUT2D eigenvalue weighted by atomic mass is 16.5. The van der Waals surface area contributed by atoms with E-state index in [-0.39, 0.29) is 5.88 Å². The van der Waals surface area contributed by atoms with Crippen molar-refractivity contribution in [1.29, 1.82) is 5.26 Å². The number of anilines is 1. The SMILES string of the molecule is COC(=O)c1ccc(Oc2ccc(N)cc2C#N)nc1C. The van der Waals surface area contributed by atoms with Crippen LogP contribution in [0.4, 0.5) is 5.69 Å². The molecule has 1 aromatic carbocycles. The zero-order chi connectivity index (χ0) is 15.4. The molecule has 1 heterocycles. The number of esters is 1. The average molecular weight is 283 g/mol. The lowest BCUT2D eigenvalue weighted by Gasteiger charge is -2.09. The van der Waals surface area contributed by atoms with E-state index in [1.54, 1.807) is 25.1 Å². The lowest BCUT2D eigenvalue weighted by molar-refractivity contribution is 0.0599. The second-order valence-corrected chi connectivity index (χ2v) is 4.24. The summed E-state index contributed by atoms with van der Waals surface area (Å²) in [6.07, 6.45) is 0. The molecule has 0 saturated carbocycles. The van der Waals surface area contributed by atoms with E-state index in [9.17, 15) is 4.79 Å². The smallest absolute Gasteiger partial charge is 0.339 e. The number of hydrogen-bond acceptors (Lipinski definition) is 6. The van der Waals surface area contributed by atoms with Crippen molar-refractivity contribution in [3.63, 3.8) is 0 Å². The summed E-state index contributed by atoms with van der Waals surface area (Å²) in [6.45, 7) is 1.67. The van der Waals surface area contributed by atoms with Crippen LogP contribution in [0, 0.1) is 18.3 Å². The maximum Gasteiger partial charge on any atom is 0.339 e. The van der Waals surface area contributed by atoms with E-state index in [2.05, 4.69) is 9.72 Å². The quantitative estimate of drug-likeness (QED) is 0.686. The van der Waals surface area contributed by atoms with Gasteiger partial charge in [0.15, 0.2) is 0 Å².